The summed E-state index contributed by atoms with van der Waals surface area (Å²) in [7, 11) is 0. The van der Waals surface area contributed by atoms with Crippen LogP contribution in [-0.2, 0) is 0 Å². The quantitative estimate of drug-likeness (QED) is 0.303. The van der Waals surface area contributed by atoms with Crippen LogP contribution in [0.5, 0.6) is 5.75 Å². The molecule has 1 N–H and O–H groups in total. The standard InChI is InChI=1S/C23H18N2O3/c1-2-13-28-22-12-11-16-7-3-4-8-17(16)23(22)20(15-25(26)27)19-14-24-21-10-6-5-9-18(19)21/h1,3-12,14,20,24H,13,15H2/t20-/m0/s1. The second kappa shape index (κ2) is 7.45. The number of para-hydroxylation sites is 1. The zero-order valence-electron chi connectivity index (χ0n) is 15.1. The molecule has 3 aromatic carbocycles. The summed E-state index contributed by atoms with van der Waals surface area (Å²) >= 11 is 0. The van der Waals surface area contributed by atoms with E-state index in [-0.39, 0.29) is 18.1 Å². The van der Waals surface area contributed by atoms with E-state index in [9.17, 15) is 10.1 Å². The van der Waals surface area contributed by atoms with Crippen molar-refractivity contribution in [3.63, 3.8) is 0 Å². The molecule has 0 bridgehead atoms. The number of hydrogen-bond acceptors (Lipinski definition) is 3. The van der Waals surface area contributed by atoms with E-state index in [0.717, 1.165) is 32.8 Å². The molecule has 0 unspecified atom stereocenters. The number of H-pyrrole nitrogens is 1. The minimum Gasteiger partial charge on any atom is -0.481 e. The van der Waals surface area contributed by atoms with Crippen molar-refractivity contribution in [2.75, 3.05) is 13.2 Å². The van der Waals surface area contributed by atoms with Gasteiger partial charge in [-0.1, -0.05) is 54.5 Å². The summed E-state index contributed by atoms with van der Waals surface area (Å²) in [5, 5.41) is 14.5. The molecule has 28 heavy (non-hydrogen) atoms. The van der Waals surface area contributed by atoms with Gasteiger partial charge in [0.05, 0.1) is 5.92 Å². The third kappa shape index (κ3) is 3.17. The van der Waals surface area contributed by atoms with Gasteiger partial charge in [-0.05, 0) is 28.5 Å². The van der Waals surface area contributed by atoms with Crippen LogP contribution in [0.4, 0.5) is 0 Å². The number of nitrogens with one attached hydrogen (secondary N) is 1. The van der Waals surface area contributed by atoms with Crippen molar-refractivity contribution in [2.24, 2.45) is 0 Å². The van der Waals surface area contributed by atoms with Crippen LogP contribution in [-0.4, -0.2) is 23.1 Å². The number of aromatic nitrogens is 1. The molecule has 0 fully saturated rings. The SMILES string of the molecule is C#CCOc1ccc2ccccc2c1[C@@H](C[N+](=O)[O-])c1c[nH]c2ccccc12. The highest BCUT2D eigenvalue weighted by molar-refractivity contribution is 5.91. The molecule has 0 aliphatic rings. The van der Waals surface area contributed by atoms with Gasteiger partial charge in [0, 0.05) is 27.6 Å². The van der Waals surface area contributed by atoms with Gasteiger partial charge in [-0.25, -0.2) is 0 Å². The molecule has 5 heteroatoms. The van der Waals surface area contributed by atoms with Gasteiger partial charge in [-0.2, -0.15) is 0 Å². The van der Waals surface area contributed by atoms with E-state index in [1.165, 1.54) is 0 Å². The van der Waals surface area contributed by atoms with Crippen LogP contribution in [0, 0.1) is 22.5 Å². The summed E-state index contributed by atoms with van der Waals surface area (Å²) in [6, 6.07) is 19.4. The zero-order valence-corrected chi connectivity index (χ0v) is 15.1. The van der Waals surface area contributed by atoms with E-state index >= 15 is 0 Å². The number of hydrogen-bond donors (Lipinski definition) is 1. The van der Waals surface area contributed by atoms with Crippen molar-refractivity contribution < 1.29 is 9.66 Å². The van der Waals surface area contributed by atoms with Gasteiger partial charge < -0.3 is 9.72 Å². The molecule has 0 saturated carbocycles. The molecular weight excluding hydrogens is 352 g/mol. The molecule has 0 saturated heterocycles. The summed E-state index contributed by atoms with van der Waals surface area (Å²) in [4.78, 5) is 14.5. The van der Waals surface area contributed by atoms with Crippen LogP contribution in [0.1, 0.15) is 17.0 Å². The van der Waals surface area contributed by atoms with Gasteiger partial charge in [-0.15, -0.1) is 6.42 Å². The summed E-state index contributed by atoms with van der Waals surface area (Å²) in [5.41, 5.74) is 2.60. The average molecular weight is 370 g/mol. The van der Waals surface area contributed by atoms with Gasteiger partial charge >= 0.3 is 0 Å². The molecule has 1 aromatic heterocycles. The van der Waals surface area contributed by atoms with Crippen LogP contribution >= 0.6 is 0 Å². The molecule has 0 aliphatic carbocycles. The Bertz CT molecular complexity index is 1200. The van der Waals surface area contributed by atoms with Crippen molar-refractivity contribution in [1.82, 2.24) is 4.98 Å². The fourth-order valence-corrected chi connectivity index (χ4v) is 3.76. The molecule has 0 aliphatic heterocycles. The number of rotatable bonds is 6. The molecule has 0 amide bonds. The van der Waals surface area contributed by atoms with Crippen LogP contribution in [0.3, 0.4) is 0 Å². The van der Waals surface area contributed by atoms with Crippen LogP contribution in [0.15, 0.2) is 66.9 Å². The Morgan fingerprint density at radius 1 is 1.07 bits per heavy atom. The van der Waals surface area contributed by atoms with Crippen LogP contribution in [0.2, 0.25) is 0 Å². The molecule has 1 heterocycles. The molecule has 4 rings (SSSR count). The first-order valence-electron chi connectivity index (χ1n) is 8.94. The van der Waals surface area contributed by atoms with Crippen molar-refractivity contribution in [1.29, 1.82) is 0 Å². The maximum absolute atomic E-state index is 11.6. The van der Waals surface area contributed by atoms with Crippen molar-refractivity contribution in [3.05, 3.63) is 88.1 Å². The van der Waals surface area contributed by atoms with Gasteiger partial charge in [-0.3, -0.25) is 10.1 Å². The number of nitro groups is 1. The lowest BCUT2D eigenvalue weighted by atomic mass is 9.87. The van der Waals surface area contributed by atoms with Gasteiger partial charge in [0.15, 0.2) is 0 Å². The average Bonchev–Trinajstić information content (AvgIpc) is 3.14. The number of nitrogens with zero attached hydrogens (tertiary/aromatic N) is 1. The normalized spacial score (nSPS) is 12.0. The number of fused-ring (bicyclic) bond motifs is 2. The Morgan fingerprint density at radius 2 is 1.82 bits per heavy atom. The van der Waals surface area contributed by atoms with E-state index in [2.05, 4.69) is 10.9 Å². The monoisotopic (exact) mass is 370 g/mol. The summed E-state index contributed by atoms with van der Waals surface area (Å²) in [6.07, 6.45) is 7.23. The maximum atomic E-state index is 11.6. The molecule has 0 radical (unpaired) electrons. The lowest BCUT2D eigenvalue weighted by Crippen LogP contribution is -2.15. The third-order valence-corrected chi connectivity index (χ3v) is 4.92. The summed E-state index contributed by atoms with van der Waals surface area (Å²) in [6.45, 7) is -0.146. The number of ether oxygens (including phenoxy) is 1. The lowest BCUT2D eigenvalue weighted by Gasteiger charge is -2.19. The van der Waals surface area contributed by atoms with Crippen molar-refractivity contribution in [3.8, 4) is 18.1 Å². The highest BCUT2D eigenvalue weighted by Gasteiger charge is 2.28. The zero-order chi connectivity index (χ0) is 19.5. The Labute approximate surface area is 162 Å². The smallest absolute Gasteiger partial charge is 0.214 e. The van der Waals surface area contributed by atoms with Crippen molar-refractivity contribution in [2.45, 2.75) is 5.92 Å². The minimum atomic E-state index is -0.481. The largest absolute Gasteiger partial charge is 0.481 e. The maximum Gasteiger partial charge on any atom is 0.214 e. The molecule has 5 nitrogen and oxygen atoms in total. The lowest BCUT2D eigenvalue weighted by molar-refractivity contribution is -0.481. The van der Waals surface area contributed by atoms with Crippen LogP contribution < -0.4 is 4.74 Å². The number of aromatic amines is 1. The number of benzene rings is 3. The fourth-order valence-electron chi connectivity index (χ4n) is 3.76. The van der Waals surface area contributed by atoms with Crippen molar-refractivity contribution >= 4 is 21.7 Å². The predicted molar refractivity (Wildman–Crippen MR) is 110 cm³/mol. The molecule has 138 valence electrons. The second-order valence-corrected chi connectivity index (χ2v) is 6.55. The predicted octanol–water partition coefficient (Wildman–Crippen LogP) is 4.74. The van der Waals surface area contributed by atoms with Gasteiger partial charge in [0.25, 0.3) is 0 Å². The molecular formula is C23H18N2O3. The van der Waals surface area contributed by atoms with E-state index in [1.807, 2.05) is 66.9 Å². The van der Waals surface area contributed by atoms with E-state index in [4.69, 9.17) is 11.2 Å². The minimum absolute atomic E-state index is 0.102. The first-order chi connectivity index (χ1) is 13.7. The van der Waals surface area contributed by atoms with Gasteiger partial charge in [0.1, 0.15) is 12.4 Å². The number of terminal acetylenes is 1. The topological polar surface area (TPSA) is 68.2 Å². The molecule has 1 atom stereocenters. The fraction of sp³-hybridized carbons (Fsp3) is 0.130. The highest BCUT2D eigenvalue weighted by atomic mass is 16.6. The third-order valence-electron chi connectivity index (χ3n) is 4.92. The first kappa shape index (κ1) is 17.6. The Hall–Kier alpha value is -3.78. The molecule has 4 aromatic rings. The summed E-state index contributed by atoms with van der Waals surface area (Å²) in [5.74, 6) is 2.57. The second-order valence-electron chi connectivity index (χ2n) is 6.55. The first-order valence-corrected chi connectivity index (χ1v) is 8.94. The van der Waals surface area contributed by atoms with E-state index in [1.54, 1.807) is 0 Å². The summed E-state index contributed by atoms with van der Waals surface area (Å²) < 4.78 is 5.80. The Morgan fingerprint density at radius 3 is 2.61 bits per heavy atom. The Balaban J connectivity index is 1.99. The van der Waals surface area contributed by atoms with E-state index in [0.29, 0.717) is 5.75 Å². The Kier molecular flexibility index (Phi) is 4.69. The van der Waals surface area contributed by atoms with Gasteiger partial charge in [0.2, 0.25) is 6.54 Å². The van der Waals surface area contributed by atoms with E-state index < -0.39 is 5.92 Å². The highest BCUT2D eigenvalue weighted by Crippen LogP contribution is 2.40. The molecule has 0 spiro atoms. The van der Waals surface area contributed by atoms with Crippen LogP contribution in [0.25, 0.3) is 21.7 Å².